The Morgan fingerprint density at radius 1 is 1.19 bits per heavy atom. The Morgan fingerprint density at radius 2 is 1.95 bits per heavy atom. The summed E-state index contributed by atoms with van der Waals surface area (Å²) in [5, 5.41) is 4.84. The van der Waals surface area contributed by atoms with E-state index in [1.807, 2.05) is 31.2 Å². The van der Waals surface area contributed by atoms with Gasteiger partial charge in [0.05, 0.1) is 16.3 Å². The van der Waals surface area contributed by atoms with E-state index < -0.39 is 0 Å². The number of hydrogen-bond donors (Lipinski definition) is 1. The van der Waals surface area contributed by atoms with Gasteiger partial charge in [0.1, 0.15) is 0 Å². The first-order valence-electron chi connectivity index (χ1n) is 6.03. The van der Waals surface area contributed by atoms with Crippen molar-refractivity contribution in [3.63, 3.8) is 0 Å². The van der Waals surface area contributed by atoms with Gasteiger partial charge in [0.25, 0.3) is 5.91 Å². The van der Waals surface area contributed by atoms with E-state index in [0.717, 1.165) is 10.0 Å². The van der Waals surface area contributed by atoms with Crippen LogP contribution in [-0.4, -0.2) is 11.6 Å². The predicted octanol–water partition coefficient (Wildman–Crippen LogP) is 4.91. The third kappa shape index (κ3) is 4.30. The molecule has 2 rings (SSSR count). The molecule has 0 spiro atoms. The second kappa shape index (κ2) is 7.07. The highest BCUT2D eigenvalue weighted by atomic mass is 79.9. The third-order valence-corrected chi connectivity index (χ3v) is 3.78. The largest absolute Gasteiger partial charge is 0.272 e. The number of amides is 1. The van der Waals surface area contributed by atoms with Crippen LogP contribution < -0.4 is 5.43 Å². The van der Waals surface area contributed by atoms with Crippen LogP contribution in [0.2, 0.25) is 10.0 Å². The van der Waals surface area contributed by atoms with Crippen molar-refractivity contribution >= 4 is 50.8 Å². The molecular formula is C15H11BrCl2N2O. The molecule has 0 saturated heterocycles. The summed E-state index contributed by atoms with van der Waals surface area (Å²) in [6, 6.07) is 12.3. The number of carbonyl (C=O) groups excluding carboxylic acids is 1. The molecule has 6 heteroatoms. The molecule has 0 aliphatic heterocycles. The Bertz CT molecular complexity index is 717. The van der Waals surface area contributed by atoms with Gasteiger partial charge in [-0.2, -0.15) is 5.10 Å². The predicted molar refractivity (Wildman–Crippen MR) is 90.3 cm³/mol. The molecule has 0 aromatic heterocycles. The zero-order valence-electron chi connectivity index (χ0n) is 11.0. The van der Waals surface area contributed by atoms with E-state index in [1.54, 1.807) is 12.1 Å². The second-order valence-corrected chi connectivity index (χ2v) is 6.03. The first kappa shape index (κ1) is 16.0. The molecule has 108 valence electrons. The number of hydrogen-bond acceptors (Lipinski definition) is 2. The summed E-state index contributed by atoms with van der Waals surface area (Å²) >= 11 is 15.2. The van der Waals surface area contributed by atoms with Crippen molar-refractivity contribution in [3.8, 4) is 0 Å². The smallest absolute Gasteiger partial charge is 0.267 e. The lowest BCUT2D eigenvalue weighted by molar-refractivity contribution is 0.0955. The van der Waals surface area contributed by atoms with Crippen LogP contribution in [0.1, 0.15) is 22.8 Å². The summed E-state index contributed by atoms with van der Waals surface area (Å²) in [6.07, 6.45) is 0. The number of hydrazone groups is 1. The molecule has 2 aromatic rings. The summed E-state index contributed by atoms with van der Waals surface area (Å²) in [6.45, 7) is 1.81. The summed E-state index contributed by atoms with van der Waals surface area (Å²) in [7, 11) is 0. The van der Waals surface area contributed by atoms with Crippen LogP contribution in [-0.2, 0) is 0 Å². The van der Waals surface area contributed by atoms with E-state index in [-0.39, 0.29) is 10.9 Å². The van der Waals surface area contributed by atoms with E-state index >= 15 is 0 Å². The SMILES string of the molecule is CC(=NNC(=O)c1ccc(Cl)cc1Cl)c1cccc(Br)c1. The summed E-state index contributed by atoms with van der Waals surface area (Å²) < 4.78 is 0.946. The fourth-order valence-corrected chi connectivity index (χ4v) is 2.54. The van der Waals surface area contributed by atoms with Crippen molar-refractivity contribution in [1.29, 1.82) is 0 Å². The van der Waals surface area contributed by atoms with Crippen molar-refractivity contribution in [1.82, 2.24) is 5.43 Å². The minimum Gasteiger partial charge on any atom is -0.267 e. The Morgan fingerprint density at radius 3 is 2.62 bits per heavy atom. The molecule has 3 nitrogen and oxygen atoms in total. The zero-order chi connectivity index (χ0) is 15.4. The van der Waals surface area contributed by atoms with Gasteiger partial charge in [-0.3, -0.25) is 4.79 Å². The van der Waals surface area contributed by atoms with Crippen LogP contribution in [0.4, 0.5) is 0 Å². The van der Waals surface area contributed by atoms with Gasteiger partial charge >= 0.3 is 0 Å². The average Bonchev–Trinajstić information content (AvgIpc) is 2.44. The lowest BCUT2D eigenvalue weighted by atomic mass is 10.1. The van der Waals surface area contributed by atoms with Gasteiger partial charge in [-0.05, 0) is 42.8 Å². The van der Waals surface area contributed by atoms with Crippen molar-refractivity contribution < 1.29 is 4.79 Å². The first-order chi connectivity index (χ1) is 9.97. The number of rotatable bonds is 3. The summed E-state index contributed by atoms with van der Waals surface area (Å²) in [4.78, 5) is 12.0. The molecule has 0 atom stereocenters. The minimum atomic E-state index is -0.383. The van der Waals surface area contributed by atoms with Gasteiger partial charge in [-0.15, -0.1) is 0 Å². The average molecular weight is 386 g/mol. The Balaban J connectivity index is 2.14. The molecule has 0 aliphatic carbocycles. The maximum atomic E-state index is 12.0. The molecule has 0 unspecified atom stereocenters. The molecule has 1 amide bonds. The standard InChI is InChI=1S/C15H11BrCl2N2O/c1-9(10-3-2-4-11(16)7-10)19-20-15(21)13-6-5-12(17)8-14(13)18/h2-8H,1H3,(H,20,21). The number of carbonyl (C=O) groups is 1. The topological polar surface area (TPSA) is 41.5 Å². The maximum Gasteiger partial charge on any atom is 0.272 e. The van der Waals surface area contributed by atoms with Crippen LogP contribution in [0.3, 0.4) is 0 Å². The van der Waals surface area contributed by atoms with Crippen molar-refractivity contribution in [2.45, 2.75) is 6.92 Å². The van der Waals surface area contributed by atoms with Crippen molar-refractivity contribution in [3.05, 3.63) is 68.1 Å². The normalized spacial score (nSPS) is 11.3. The highest BCUT2D eigenvalue weighted by Crippen LogP contribution is 2.20. The quantitative estimate of drug-likeness (QED) is 0.591. The maximum absolute atomic E-state index is 12.0. The van der Waals surface area contributed by atoms with Gasteiger partial charge < -0.3 is 0 Å². The minimum absolute atomic E-state index is 0.287. The van der Waals surface area contributed by atoms with Crippen molar-refractivity contribution in [2.75, 3.05) is 0 Å². The molecule has 1 N–H and O–H groups in total. The Kier molecular flexibility index (Phi) is 5.39. The third-order valence-electron chi connectivity index (χ3n) is 2.74. The molecule has 0 aliphatic rings. The molecule has 0 heterocycles. The van der Waals surface area contributed by atoms with Crippen LogP contribution >= 0.6 is 39.1 Å². The molecule has 0 radical (unpaired) electrons. The van der Waals surface area contributed by atoms with E-state index in [0.29, 0.717) is 16.3 Å². The molecular weight excluding hydrogens is 375 g/mol. The summed E-state index contributed by atoms with van der Waals surface area (Å²) in [5.41, 5.74) is 4.41. The van der Waals surface area contributed by atoms with E-state index in [2.05, 4.69) is 26.5 Å². The Labute approximate surface area is 141 Å². The van der Waals surface area contributed by atoms with E-state index in [4.69, 9.17) is 23.2 Å². The second-order valence-electron chi connectivity index (χ2n) is 4.27. The Hall–Kier alpha value is -1.36. The monoisotopic (exact) mass is 384 g/mol. The van der Waals surface area contributed by atoms with Crippen LogP contribution in [0.25, 0.3) is 0 Å². The van der Waals surface area contributed by atoms with Crippen LogP contribution in [0.5, 0.6) is 0 Å². The van der Waals surface area contributed by atoms with E-state index in [1.165, 1.54) is 6.07 Å². The van der Waals surface area contributed by atoms with Gasteiger partial charge in [-0.25, -0.2) is 5.43 Å². The highest BCUT2D eigenvalue weighted by molar-refractivity contribution is 9.10. The molecule has 0 bridgehead atoms. The molecule has 21 heavy (non-hydrogen) atoms. The molecule has 2 aromatic carbocycles. The van der Waals surface area contributed by atoms with Gasteiger partial charge in [0, 0.05) is 9.50 Å². The summed E-state index contributed by atoms with van der Waals surface area (Å²) in [5.74, 6) is -0.383. The fourth-order valence-electron chi connectivity index (χ4n) is 1.65. The van der Waals surface area contributed by atoms with Crippen LogP contribution in [0, 0.1) is 0 Å². The first-order valence-corrected chi connectivity index (χ1v) is 7.58. The lowest BCUT2D eigenvalue weighted by Crippen LogP contribution is -2.19. The van der Waals surface area contributed by atoms with Gasteiger partial charge in [0.2, 0.25) is 0 Å². The van der Waals surface area contributed by atoms with Gasteiger partial charge in [-0.1, -0.05) is 51.3 Å². The number of nitrogens with one attached hydrogen (secondary N) is 1. The van der Waals surface area contributed by atoms with Crippen LogP contribution in [0.15, 0.2) is 52.0 Å². The lowest BCUT2D eigenvalue weighted by Gasteiger charge is -2.05. The number of halogens is 3. The highest BCUT2D eigenvalue weighted by Gasteiger charge is 2.10. The van der Waals surface area contributed by atoms with Crippen molar-refractivity contribution in [2.24, 2.45) is 5.10 Å². The number of benzene rings is 2. The van der Waals surface area contributed by atoms with E-state index in [9.17, 15) is 4.79 Å². The zero-order valence-corrected chi connectivity index (χ0v) is 14.1. The molecule has 0 saturated carbocycles. The van der Waals surface area contributed by atoms with Gasteiger partial charge in [0.15, 0.2) is 0 Å². The number of nitrogens with zero attached hydrogens (tertiary/aromatic N) is 1. The molecule has 0 fully saturated rings. The fraction of sp³-hybridized carbons (Fsp3) is 0.0667.